The third-order valence-corrected chi connectivity index (χ3v) is 3.09. The van der Waals surface area contributed by atoms with Gasteiger partial charge < -0.3 is 15.3 Å². The van der Waals surface area contributed by atoms with Crippen molar-refractivity contribution in [1.82, 2.24) is 10.2 Å². The third-order valence-electron chi connectivity index (χ3n) is 3.09. The molecule has 0 saturated carbocycles. The van der Waals surface area contributed by atoms with Crippen LogP contribution in [0.1, 0.15) is 5.56 Å². The lowest BCUT2D eigenvalue weighted by molar-refractivity contribution is -0.150. The van der Waals surface area contributed by atoms with Gasteiger partial charge in [0.05, 0.1) is 6.42 Å². The highest BCUT2D eigenvalue weighted by molar-refractivity contribution is 5.85. The van der Waals surface area contributed by atoms with Crippen molar-refractivity contribution in [2.45, 2.75) is 12.5 Å². The van der Waals surface area contributed by atoms with Crippen LogP contribution in [0.5, 0.6) is 0 Å². The van der Waals surface area contributed by atoms with Crippen LogP contribution in [0.3, 0.4) is 0 Å². The van der Waals surface area contributed by atoms with Crippen LogP contribution in [0.2, 0.25) is 0 Å². The second kappa shape index (κ2) is 5.79. The van der Waals surface area contributed by atoms with Crippen LogP contribution in [-0.4, -0.2) is 47.6 Å². The van der Waals surface area contributed by atoms with E-state index >= 15 is 0 Å². The van der Waals surface area contributed by atoms with Crippen LogP contribution in [0, 0.1) is 5.82 Å². The van der Waals surface area contributed by atoms with E-state index in [0.717, 1.165) is 0 Å². The number of aliphatic carboxylic acids is 1. The summed E-state index contributed by atoms with van der Waals surface area (Å²) in [5.41, 5.74) is 0.549. The molecule has 1 aromatic rings. The first-order chi connectivity index (χ1) is 9.08. The SMILES string of the molecule is O=C(O)C1CNCCN1C(=O)Cc1cccc(F)c1. The van der Waals surface area contributed by atoms with Crippen LogP contribution >= 0.6 is 0 Å². The van der Waals surface area contributed by atoms with E-state index in [4.69, 9.17) is 5.11 Å². The lowest BCUT2D eigenvalue weighted by atomic mass is 10.1. The standard InChI is InChI=1S/C13H15FN2O3/c14-10-3-1-2-9(6-10)7-12(17)16-5-4-15-8-11(16)13(18)19/h1-3,6,11,15H,4-5,7-8H2,(H,18,19). The zero-order valence-electron chi connectivity index (χ0n) is 10.3. The van der Waals surface area contributed by atoms with E-state index < -0.39 is 17.8 Å². The summed E-state index contributed by atoms with van der Waals surface area (Å²) in [4.78, 5) is 24.5. The molecular weight excluding hydrogens is 251 g/mol. The Morgan fingerprint density at radius 2 is 2.26 bits per heavy atom. The molecule has 1 unspecified atom stereocenters. The van der Waals surface area contributed by atoms with Crippen molar-refractivity contribution < 1.29 is 19.1 Å². The third kappa shape index (κ3) is 3.29. The van der Waals surface area contributed by atoms with Gasteiger partial charge in [-0.1, -0.05) is 12.1 Å². The molecule has 5 nitrogen and oxygen atoms in total. The summed E-state index contributed by atoms with van der Waals surface area (Å²) in [6, 6.07) is 4.92. The van der Waals surface area contributed by atoms with Gasteiger partial charge >= 0.3 is 5.97 Å². The fourth-order valence-electron chi connectivity index (χ4n) is 2.15. The molecule has 1 aliphatic rings. The summed E-state index contributed by atoms with van der Waals surface area (Å²) < 4.78 is 13.0. The number of carboxylic acids is 1. The molecule has 0 radical (unpaired) electrons. The fourth-order valence-corrected chi connectivity index (χ4v) is 2.15. The number of hydrogen-bond acceptors (Lipinski definition) is 3. The monoisotopic (exact) mass is 266 g/mol. The number of nitrogens with one attached hydrogen (secondary N) is 1. The first kappa shape index (κ1) is 13.5. The van der Waals surface area contributed by atoms with Gasteiger partial charge in [0.15, 0.2) is 0 Å². The number of piperazine rings is 1. The minimum Gasteiger partial charge on any atom is -0.480 e. The Morgan fingerprint density at radius 3 is 2.95 bits per heavy atom. The van der Waals surface area contributed by atoms with Crippen LogP contribution in [0.4, 0.5) is 4.39 Å². The number of rotatable bonds is 3. The Morgan fingerprint density at radius 1 is 1.47 bits per heavy atom. The molecular formula is C13H15FN2O3. The molecule has 1 amide bonds. The van der Waals surface area contributed by atoms with Gasteiger partial charge in [-0.15, -0.1) is 0 Å². The maximum Gasteiger partial charge on any atom is 0.327 e. The average Bonchev–Trinajstić information content (AvgIpc) is 2.38. The molecule has 19 heavy (non-hydrogen) atoms. The molecule has 1 aliphatic heterocycles. The second-order valence-electron chi connectivity index (χ2n) is 4.45. The maximum atomic E-state index is 13.0. The number of carbonyl (C=O) groups excluding carboxylic acids is 1. The van der Waals surface area contributed by atoms with E-state index in [1.165, 1.54) is 23.1 Å². The lowest BCUT2D eigenvalue weighted by Crippen LogP contribution is -2.57. The summed E-state index contributed by atoms with van der Waals surface area (Å²) in [5.74, 6) is -1.72. The predicted octanol–water partition coefficient (Wildman–Crippen LogP) is 0.253. The number of nitrogens with zero attached hydrogens (tertiary/aromatic N) is 1. The predicted molar refractivity (Wildman–Crippen MR) is 66.1 cm³/mol. The van der Waals surface area contributed by atoms with Gasteiger partial charge in [-0.2, -0.15) is 0 Å². The summed E-state index contributed by atoms with van der Waals surface area (Å²) in [7, 11) is 0. The summed E-state index contributed by atoms with van der Waals surface area (Å²) in [6.07, 6.45) is 0.0154. The lowest BCUT2D eigenvalue weighted by Gasteiger charge is -2.33. The summed E-state index contributed by atoms with van der Waals surface area (Å²) in [5, 5.41) is 12.0. The van der Waals surface area contributed by atoms with E-state index in [1.54, 1.807) is 6.07 Å². The highest BCUT2D eigenvalue weighted by atomic mass is 19.1. The molecule has 0 bridgehead atoms. The normalized spacial score (nSPS) is 19.2. The van der Waals surface area contributed by atoms with Gasteiger partial charge in [0.25, 0.3) is 0 Å². The number of amides is 1. The molecule has 1 aromatic carbocycles. The molecule has 1 fully saturated rings. The topological polar surface area (TPSA) is 69.6 Å². The molecule has 0 aromatic heterocycles. The fraction of sp³-hybridized carbons (Fsp3) is 0.385. The Bertz CT molecular complexity index is 493. The largest absolute Gasteiger partial charge is 0.480 e. The Kier molecular flexibility index (Phi) is 4.11. The van der Waals surface area contributed by atoms with Crippen LogP contribution in [0.15, 0.2) is 24.3 Å². The van der Waals surface area contributed by atoms with Crippen LogP contribution in [-0.2, 0) is 16.0 Å². The summed E-state index contributed by atoms with van der Waals surface area (Å²) in [6.45, 7) is 1.16. The van der Waals surface area contributed by atoms with Crippen molar-refractivity contribution in [2.24, 2.45) is 0 Å². The molecule has 2 N–H and O–H groups in total. The van der Waals surface area contributed by atoms with Gasteiger partial charge in [0, 0.05) is 19.6 Å². The van der Waals surface area contributed by atoms with Crippen molar-refractivity contribution in [1.29, 1.82) is 0 Å². The quantitative estimate of drug-likeness (QED) is 0.823. The van der Waals surface area contributed by atoms with Gasteiger partial charge in [0.1, 0.15) is 11.9 Å². The molecule has 0 spiro atoms. The van der Waals surface area contributed by atoms with E-state index in [1.807, 2.05) is 0 Å². The number of carboxylic acid groups (broad SMARTS) is 1. The van der Waals surface area contributed by atoms with E-state index in [0.29, 0.717) is 18.7 Å². The minimum absolute atomic E-state index is 0.0154. The zero-order chi connectivity index (χ0) is 13.8. The van der Waals surface area contributed by atoms with Crippen molar-refractivity contribution in [3.63, 3.8) is 0 Å². The van der Waals surface area contributed by atoms with Crippen molar-refractivity contribution >= 4 is 11.9 Å². The van der Waals surface area contributed by atoms with Gasteiger partial charge in [0.2, 0.25) is 5.91 Å². The van der Waals surface area contributed by atoms with E-state index in [9.17, 15) is 14.0 Å². The number of halogens is 1. The first-order valence-corrected chi connectivity index (χ1v) is 6.05. The zero-order valence-corrected chi connectivity index (χ0v) is 10.3. The maximum absolute atomic E-state index is 13.0. The number of hydrogen-bond donors (Lipinski definition) is 2. The van der Waals surface area contributed by atoms with E-state index in [-0.39, 0.29) is 18.9 Å². The van der Waals surface area contributed by atoms with Gasteiger partial charge in [-0.3, -0.25) is 4.79 Å². The highest BCUT2D eigenvalue weighted by Gasteiger charge is 2.31. The smallest absolute Gasteiger partial charge is 0.327 e. The average molecular weight is 266 g/mol. The Hall–Kier alpha value is -1.95. The Labute approximate surface area is 110 Å². The van der Waals surface area contributed by atoms with Crippen molar-refractivity contribution in [2.75, 3.05) is 19.6 Å². The number of carbonyl (C=O) groups is 2. The molecule has 1 saturated heterocycles. The van der Waals surface area contributed by atoms with Crippen molar-refractivity contribution in [3.05, 3.63) is 35.6 Å². The number of benzene rings is 1. The molecule has 2 rings (SSSR count). The van der Waals surface area contributed by atoms with Crippen molar-refractivity contribution in [3.8, 4) is 0 Å². The molecule has 6 heteroatoms. The molecule has 0 aliphatic carbocycles. The Balaban J connectivity index is 2.07. The van der Waals surface area contributed by atoms with Crippen LogP contribution < -0.4 is 5.32 Å². The van der Waals surface area contributed by atoms with Gasteiger partial charge in [-0.25, -0.2) is 9.18 Å². The summed E-state index contributed by atoms with van der Waals surface area (Å²) >= 11 is 0. The molecule has 1 heterocycles. The first-order valence-electron chi connectivity index (χ1n) is 6.05. The molecule has 1 atom stereocenters. The van der Waals surface area contributed by atoms with E-state index in [2.05, 4.69) is 5.32 Å². The highest BCUT2D eigenvalue weighted by Crippen LogP contribution is 2.10. The molecule has 102 valence electrons. The second-order valence-corrected chi connectivity index (χ2v) is 4.45. The van der Waals surface area contributed by atoms with Crippen LogP contribution in [0.25, 0.3) is 0 Å². The van der Waals surface area contributed by atoms with Gasteiger partial charge in [-0.05, 0) is 17.7 Å². The minimum atomic E-state index is -1.03.